The summed E-state index contributed by atoms with van der Waals surface area (Å²) in [5.74, 6) is 1.16. The SMILES string of the molecule is C=CC(=C)N1CC(OCCn2c(=O)c(-c3c(Cl)c(OC)cc(OC)c3Cl)cc3cnc(NC4CCN(C)CC4)nc32)C1. The third-order valence-corrected chi connectivity index (χ3v) is 8.63. The smallest absolute Gasteiger partial charge is 0.260 e. The van der Waals surface area contributed by atoms with Crippen LogP contribution in [0.25, 0.3) is 22.2 Å². The van der Waals surface area contributed by atoms with E-state index in [-0.39, 0.29) is 39.9 Å². The summed E-state index contributed by atoms with van der Waals surface area (Å²) >= 11 is 13.4. The van der Waals surface area contributed by atoms with Crippen molar-refractivity contribution >= 4 is 40.2 Å². The summed E-state index contributed by atoms with van der Waals surface area (Å²) in [4.78, 5) is 27.9. The molecule has 0 spiro atoms. The van der Waals surface area contributed by atoms with E-state index >= 15 is 0 Å². The molecule has 5 rings (SSSR count). The van der Waals surface area contributed by atoms with Crippen molar-refractivity contribution < 1.29 is 14.2 Å². The number of likely N-dealkylation sites (tertiary alicyclic amines) is 2. The zero-order chi connectivity index (χ0) is 30.0. The topological polar surface area (TPSA) is 94.0 Å². The number of methoxy groups -OCH3 is 2. The van der Waals surface area contributed by atoms with E-state index in [9.17, 15) is 4.79 Å². The molecule has 42 heavy (non-hydrogen) atoms. The molecule has 0 saturated carbocycles. The van der Waals surface area contributed by atoms with Gasteiger partial charge in [-0.25, -0.2) is 4.98 Å². The molecule has 2 fully saturated rings. The summed E-state index contributed by atoms with van der Waals surface area (Å²) in [6.45, 7) is 11.8. The summed E-state index contributed by atoms with van der Waals surface area (Å²) in [6, 6.07) is 3.56. The van der Waals surface area contributed by atoms with Gasteiger partial charge in [-0.2, -0.15) is 4.98 Å². The Kier molecular flexibility index (Phi) is 9.27. The minimum Gasteiger partial charge on any atom is -0.495 e. The van der Waals surface area contributed by atoms with E-state index in [2.05, 4.69) is 40.3 Å². The number of benzene rings is 1. The lowest BCUT2D eigenvalue weighted by atomic mass is 10.0. The second-order valence-corrected chi connectivity index (χ2v) is 11.3. The van der Waals surface area contributed by atoms with Crippen LogP contribution in [0.5, 0.6) is 11.5 Å². The Balaban J connectivity index is 1.52. The highest BCUT2D eigenvalue weighted by Crippen LogP contribution is 2.45. The summed E-state index contributed by atoms with van der Waals surface area (Å²) in [7, 11) is 5.11. The van der Waals surface area contributed by atoms with Gasteiger partial charge in [-0.05, 0) is 45.1 Å². The number of halogens is 2. The molecule has 0 amide bonds. The fraction of sp³-hybridized carbons (Fsp3) is 0.433. The van der Waals surface area contributed by atoms with E-state index in [1.165, 1.54) is 14.2 Å². The molecule has 3 aromatic rings. The number of pyridine rings is 1. The van der Waals surface area contributed by atoms with Crippen LogP contribution in [0.2, 0.25) is 10.0 Å². The van der Waals surface area contributed by atoms with Crippen LogP contribution >= 0.6 is 23.2 Å². The lowest BCUT2D eigenvalue weighted by Gasteiger charge is -2.40. The van der Waals surface area contributed by atoms with Gasteiger partial charge in [0.2, 0.25) is 5.95 Å². The Hall–Kier alpha value is -3.31. The van der Waals surface area contributed by atoms with Crippen LogP contribution in [0.3, 0.4) is 0 Å². The molecule has 1 N–H and O–H groups in total. The number of ether oxygens (including phenoxy) is 3. The third-order valence-electron chi connectivity index (χ3n) is 7.88. The van der Waals surface area contributed by atoms with E-state index in [4.69, 9.17) is 42.4 Å². The molecule has 10 nitrogen and oxygen atoms in total. The van der Waals surface area contributed by atoms with Crippen LogP contribution in [-0.2, 0) is 11.3 Å². The quantitative estimate of drug-likeness (QED) is 0.309. The fourth-order valence-corrected chi connectivity index (χ4v) is 5.99. The highest BCUT2D eigenvalue weighted by atomic mass is 35.5. The summed E-state index contributed by atoms with van der Waals surface area (Å²) in [6.07, 6.45) is 5.46. The lowest BCUT2D eigenvalue weighted by molar-refractivity contribution is -0.0403. The first-order valence-corrected chi connectivity index (χ1v) is 14.6. The van der Waals surface area contributed by atoms with E-state index in [1.807, 2.05) is 0 Å². The van der Waals surface area contributed by atoms with Crippen molar-refractivity contribution in [2.45, 2.75) is 31.5 Å². The van der Waals surface area contributed by atoms with Crippen molar-refractivity contribution in [2.75, 3.05) is 59.4 Å². The first-order valence-electron chi connectivity index (χ1n) is 13.9. The van der Waals surface area contributed by atoms with Gasteiger partial charge in [-0.3, -0.25) is 9.36 Å². The van der Waals surface area contributed by atoms with Gasteiger partial charge in [-0.15, -0.1) is 0 Å². The van der Waals surface area contributed by atoms with Crippen LogP contribution in [0.4, 0.5) is 5.95 Å². The van der Waals surface area contributed by atoms with Crippen LogP contribution in [0.1, 0.15) is 12.8 Å². The van der Waals surface area contributed by atoms with E-state index < -0.39 is 0 Å². The standard InChI is InChI=1S/C30H36Cl2N6O4/c1-6-18(2)37-16-21(17-37)42-12-11-38-28-19(15-33-30(35-28)34-20-7-9-36(3)10-8-20)13-22(29(38)39)25-26(31)23(40-4)14-24(41-5)27(25)32/h6,13-15,20-21H,1-2,7-12,16-17H2,3-5H3,(H,33,34,35). The molecule has 2 aliphatic heterocycles. The zero-order valence-electron chi connectivity index (χ0n) is 24.2. The molecule has 0 aliphatic carbocycles. The van der Waals surface area contributed by atoms with Crippen molar-refractivity contribution in [2.24, 2.45) is 0 Å². The molecule has 0 bridgehead atoms. The van der Waals surface area contributed by atoms with Crippen LogP contribution in [0, 0.1) is 0 Å². The van der Waals surface area contributed by atoms with Crippen LogP contribution in [-0.4, -0.2) is 90.5 Å². The van der Waals surface area contributed by atoms with E-state index in [0.717, 1.165) is 44.7 Å². The second kappa shape index (κ2) is 12.9. The molecule has 0 atom stereocenters. The first-order chi connectivity index (χ1) is 20.2. The van der Waals surface area contributed by atoms with Gasteiger partial charge in [0, 0.05) is 48.0 Å². The number of fused-ring (bicyclic) bond motifs is 1. The molecule has 224 valence electrons. The third kappa shape index (κ3) is 6.08. The summed E-state index contributed by atoms with van der Waals surface area (Å²) < 4.78 is 18.6. The number of nitrogens with one attached hydrogen (secondary N) is 1. The average molecular weight is 616 g/mol. The molecule has 1 aromatic carbocycles. The minimum absolute atomic E-state index is 0.0367. The highest BCUT2D eigenvalue weighted by molar-refractivity contribution is 6.41. The molecule has 2 saturated heterocycles. The molecular formula is C30H36Cl2N6O4. The Labute approximate surface area is 255 Å². The largest absolute Gasteiger partial charge is 0.495 e. The van der Waals surface area contributed by atoms with Crippen molar-refractivity contribution in [3.05, 3.63) is 63.7 Å². The first kappa shape index (κ1) is 30.2. The number of nitrogens with zero attached hydrogens (tertiary/aromatic N) is 5. The van der Waals surface area contributed by atoms with Crippen molar-refractivity contribution in [1.29, 1.82) is 0 Å². The fourth-order valence-electron chi connectivity index (χ4n) is 5.29. The Bertz CT molecular complexity index is 1520. The van der Waals surface area contributed by atoms with Gasteiger partial charge < -0.3 is 29.3 Å². The monoisotopic (exact) mass is 614 g/mol. The number of hydrogen-bond donors (Lipinski definition) is 1. The average Bonchev–Trinajstić information content (AvgIpc) is 2.96. The molecule has 0 radical (unpaired) electrons. The van der Waals surface area contributed by atoms with Gasteiger partial charge in [0.05, 0.1) is 49.1 Å². The van der Waals surface area contributed by atoms with Gasteiger partial charge in [0.1, 0.15) is 17.1 Å². The summed E-state index contributed by atoms with van der Waals surface area (Å²) in [5.41, 5.74) is 1.65. The number of anilines is 1. The maximum Gasteiger partial charge on any atom is 0.260 e. The molecule has 2 aliphatic rings. The zero-order valence-corrected chi connectivity index (χ0v) is 25.7. The van der Waals surface area contributed by atoms with Crippen LogP contribution in [0.15, 0.2) is 48.1 Å². The second-order valence-electron chi connectivity index (χ2n) is 10.6. The van der Waals surface area contributed by atoms with Gasteiger partial charge in [0.25, 0.3) is 5.56 Å². The molecule has 2 aromatic heterocycles. The Morgan fingerprint density at radius 1 is 1.14 bits per heavy atom. The molecular weight excluding hydrogens is 579 g/mol. The maximum atomic E-state index is 14.2. The Morgan fingerprint density at radius 2 is 1.81 bits per heavy atom. The van der Waals surface area contributed by atoms with Gasteiger partial charge in [-0.1, -0.05) is 36.4 Å². The predicted molar refractivity (Wildman–Crippen MR) is 167 cm³/mol. The van der Waals surface area contributed by atoms with Gasteiger partial charge >= 0.3 is 0 Å². The van der Waals surface area contributed by atoms with Crippen molar-refractivity contribution in [1.82, 2.24) is 24.3 Å². The predicted octanol–water partition coefficient (Wildman–Crippen LogP) is 4.69. The van der Waals surface area contributed by atoms with Crippen LogP contribution < -0.4 is 20.3 Å². The number of allylic oxidation sites excluding steroid dienone is 1. The molecule has 4 heterocycles. The maximum absolute atomic E-state index is 14.2. The van der Waals surface area contributed by atoms with Crippen molar-refractivity contribution in [3.8, 4) is 22.6 Å². The highest BCUT2D eigenvalue weighted by Gasteiger charge is 2.28. The number of rotatable bonds is 11. The Morgan fingerprint density at radius 3 is 2.43 bits per heavy atom. The molecule has 12 heteroatoms. The minimum atomic E-state index is -0.315. The van der Waals surface area contributed by atoms with E-state index in [1.54, 1.807) is 29.0 Å². The number of hydrogen-bond acceptors (Lipinski definition) is 9. The van der Waals surface area contributed by atoms with Gasteiger partial charge in [0.15, 0.2) is 0 Å². The van der Waals surface area contributed by atoms with Crippen molar-refractivity contribution in [3.63, 3.8) is 0 Å². The number of aromatic nitrogens is 3. The lowest BCUT2D eigenvalue weighted by Crippen LogP contribution is -2.51. The number of piperidine rings is 1. The normalized spacial score (nSPS) is 16.4. The van der Waals surface area contributed by atoms with E-state index in [0.29, 0.717) is 40.7 Å². The molecule has 0 unspecified atom stereocenters. The summed E-state index contributed by atoms with van der Waals surface area (Å²) in [5, 5.41) is 4.53.